The third-order valence-electron chi connectivity index (χ3n) is 4.54. The third-order valence-corrected chi connectivity index (χ3v) is 7.38. The van der Waals surface area contributed by atoms with Gasteiger partial charge in [-0.1, -0.05) is 0 Å². The highest BCUT2D eigenvalue weighted by Gasteiger charge is 2.47. The van der Waals surface area contributed by atoms with Crippen LogP contribution in [0, 0.1) is 0 Å². The number of likely N-dealkylation sites (N-methyl/N-ethyl adjacent to an activating group) is 1. The molecule has 0 amide bonds. The van der Waals surface area contributed by atoms with Gasteiger partial charge in [0.05, 0.1) is 20.6 Å². The first-order valence-electron chi connectivity index (χ1n) is 7.99. The molecule has 0 unspecified atom stereocenters. The summed E-state index contributed by atoms with van der Waals surface area (Å²) in [4.78, 5) is 12.6. The van der Waals surface area contributed by atoms with Crippen molar-refractivity contribution in [3.8, 4) is 0 Å². The molecule has 0 saturated heterocycles. The second-order valence-electron chi connectivity index (χ2n) is 7.87. The number of esters is 1. The molecule has 0 aromatic heterocycles. The zero-order valence-electron chi connectivity index (χ0n) is 17.0. The molecule has 0 spiro atoms. The van der Waals surface area contributed by atoms with Gasteiger partial charge in [0.1, 0.15) is 5.60 Å². The minimum Gasteiger partial charge on any atom is -1.00 e. The highest BCUT2D eigenvalue weighted by Crippen LogP contribution is 2.26. The van der Waals surface area contributed by atoms with Crippen LogP contribution >= 0.6 is 0 Å². The summed E-state index contributed by atoms with van der Waals surface area (Å²) in [5.74, 6) is -0.191. The Kier molecular flexibility index (Phi) is 10.5. The van der Waals surface area contributed by atoms with E-state index in [-0.39, 0.29) is 23.0 Å². The van der Waals surface area contributed by atoms with Crippen LogP contribution in [0.25, 0.3) is 0 Å². The number of ether oxygens (including phenoxy) is 1. The van der Waals surface area contributed by atoms with Crippen molar-refractivity contribution in [2.24, 2.45) is 0 Å². The van der Waals surface area contributed by atoms with Gasteiger partial charge in [-0.05, 0) is 20.8 Å². The maximum absolute atomic E-state index is 12.6. The molecule has 0 rings (SSSR count). The fraction of sp³-hybridized carbons (Fsp3) is 0.938. The van der Waals surface area contributed by atoms with Crippen molar-refractivity contribution in [2.45, 2.75) is 58.2 Å². The number of hydrogen-bond donors (Lipinski definition) is 0. The Balaban J connectivity index is 0. The molecule has 0 aromatic carbocycles. The average Bonchev–Trinajstić information content (AvgIpc) is 2.42. The molecule has 146 valence electrons. The number of carbonyl (C=O) groups is 1. The van der Waals surface area contributed by atoms with E-state index in [0.29, 0.717) is 10.5 Å². The van der Waals surface area contributed by atoms with Crippen molar-refractivity contribution in [3.05, 3.63) is 0 Å². The average molecular weight is 430 g/mol. The Morgan fingerprint density at radius 1 is 0.958 bits per heavy atom. The predicted molar refractivity (Wildman–Crippen MR) is 93.1 cm³/mol. The monoisotopic (exact) mass is 429 g/mol. The Hall–Kier alpha value is 0.00688. The van der Waals surface area contributed by atoms with Gasteiger partial charge in [-0.25, -0.2) is 4.79 Å². The zero-order chi connectivity index (χ0) is 18.5. The van der Waals surface area contributed by atoms with Crippen LogP contribution in [0.3, 0.4) is 0 Å². The molecule has 24 heavy (non-hydrogen) atoms. The van der Waals surface area contributed by atoms with E-state index in [2.05, 4.69) is 0 Å². The Morgan fingerprint density at radius 3 is 1.71 bits per heavy atom. The standard InChI is InChI=1S/C16H36NO5Si.BrH/c1-15(2,3)22-14(18)16(4,5)17(6,7)12-11-13-23(19-8,20-9)21-10;/h11-13H2,1-10H3;1H/q+1;/p-1. The lowest BCUT2D eigenvalue weighted by Crippen LogP contribution is -3.00. The van der Waals surface area contributed by atoms with Crippen LogP contribution in [0.2, 0.25) is 6.04 Å². The predicted octanol–water partition coefficient (Wildman–Crippen LogP) is -0.545. The van der Waals surface area contributed by atoms with Gasteiger partial charge in [0, 0.05) is 47.6 Å². The molecule has 0 fully saturated rings. The second-order valence-corrected chi connectivity index (χ2v) is 11.0. The molecule has 0 saturated carbocycles. The topological polar surface area (TPSA) is 54.0 Å². The molecule has 0 radical (unpaired) electrons. The van der Waals surface area contributed by atoms with Crippen molar-refractivity contribution in [1.29, 1.82) is 0 Å². The summed E-state index contributed by atoms with van der Waals surface area (Å²) in [6.45, 7) is 10.3. The number of halogens is 1. The van der Waals surface area contributed by atoms with E-state index in [4.69, 9.17) is 18.0 Å². The second kappa shape index (κ2) is 9.63. The smallest absolute Gasteiger partial charge is 0.500 e. The van der Waals surface area contributed by atoms with Gasteiger partial charge < -0.3 is 39.5 Å². The molecule has 0 aliphatic carbocycles. The van der Waals surface area contributed by atoms with Crippen LogP contribution in [-0.4, -0.2) is 72.4 Å². The van der Waals surface area contributed by atoms with E-state index < -0.39 is 19.9 Å². The van der Waals surface area contributed by atoms with Crippen LogP contribution in [-0.2, 0) is 22.8 Å². The Labute approximate surface area is 159 Å². The first kappa shape index (κ1) is 26.2. The number of quaternary nitrogens is 1. The van der Waals surface area contributed by atoms with Gasteiger partial charge in [-0.15, -0.1) is 0 Å². The van der Waals surface area contributed by atoms with Crippen LogP contribution in [0.1, 0.15) is 41.0 Å². The zero-order valence-corrected chi connectivity index (χ0v) is 19.6. The van der Waals surface area contributed by atoms with Crippen LogP contribution < -0.4 is 17.0 Å². The summed E-state index contributed by atoms with van der Waals surface area (Å²) in [7, 11) is 6.36. The summed E-state index contributed by atoms with van der Waals surface area (Å²) in [6.07, 6.45) is 0.834. The first-order valence-corrected chi connectivity index (χ1v) is 9.92. The summed E-state index contributed by atoms with van der Waals surface area (Å²) < 4.78 is 22.4. The largest absolute Gasteiger partial charge is 1.00 e. The molecule has 0 N–H and O–H groups in total. The van der Waals surface area contributed by atoms with Gasteiger partial charge in [-0.3, -0.25) is 0 Å². The van der Waals surface area contributed by atoms with E-state index in [1.807, 2.05) is 48.7 Å². The van der Waals surface area contributed by atoms with E-state index >= 15 is 0 Å². The highest BCUT2D eigenvalue weighted by atomic mass is 79.9. The Bertz CT molecular complexity index is 384. The maximum Gasteiger partial charge on any atom is 0.500 e. The molecule has 0 aliphatic heterocycles. The summed E-state index contributed by atoms with van der Waals surface area (Å²) in [5, 5.41) is 0. The van der Waals surface area contributed by atoms with Crippen molar-refractivity contribution in [2.75, 3.05) is 42.0 Å². The number of nitrogens with zero attached hydrogens (tertiary/aromatic N) is 1. The van der Waals surface area contributed by atoms with Crippen LogP contribution in [0.15, 0.2) is 0 Å². The lowest BCUT2D eigenvalue weighted by molar-refractivity contribution is -0.928. The molecule has 8 heteroatoms. The minimum absolute atomic E-state index is 0. The summed E-state index contributed by atoms with van der Waals surface area (Å²) in [5.41, 5.74) is -1.14. The Morgan fingerprint density at radius 2 is 1.38 bits per heavy atom. The summed E-state index contributed by atoms with van der Waals surface area (Å²) in [6, 6.07) is 0.711. The maximum atomic E-state index is 12.6. The van der Waals surface area contributed by atoms with Gasteiger partial charge >= 0.3 is 14.8 Å². The fourth-order valence-electron chi connectivity index (χ4n) is 2.18. The quantitative estimate of drug-likeness (QED) is 0.279. The number of rotatable bonds is 9. The van der Waals surface area contributed by atoms with Crippen molar-refractivity contribution in [1.82, 2.24) is 0 Å². The molecule has 0 bridgehead atoms. The normalized spacial score (nSPS) is 13.4. The van der Waals surface area contributed by atoms with Crippen molar-refractivity contribution < 1.29 is 44.3 Å². The van der Waals surface area contributed by atoms with E-state index in [1.54, 1.807) is 21.3 Å². The van der Waals surface area contributed by atoms with Gasteiger partial charge in [0.2, 0.25) is 0 Å². The molecule has 0 aliphatic rings. The lowest BCUT2D eigenvalue weighted by atomic mass is 9.99. The lowest BCUT2D eigenvalue weighted by Gasteiger charge is -2.43. The number of hydrogen-bond acceptors (Lipinski definition) is 5. The fourth-order valence-corrected chi connectivity index (χ4v) is 3.88. The summed E-state index contributed by atoms with van der Waals surface area (Å²) >= 11 is 0. The molecule has 0 heterocycles. The van der Waals surface area contributed by atoms with E-state index in [1.165, 1.54) is 0 Å². The van der Waals surface area contributed by atoms with E-state index in [9.17, 15) is 4.79 Å². The number of carbonyl (C=O) groups excluding carboxylic acids is 1. The van der Waals surface area contributed by atoms with Crippen LogP contribution in [0.4, 0.5) is 0 Å². The highest BCUT2D eigenvalue weighted by molar-refractivity contribution is 6.60. The first-order chi connectivity index (χ1) is 10.3. The van der Waals surface area contributed by atoms with E-state index in [0.717, 1.165) is 13.0 Å². The van der Waals surface area contributed by atoms with Gasteiger partial charge in [0.15, 0.2) is 5.54 Å². The molecule has 0 aromatic rings. The van der Waals surface area contributed by atoms with Gasteiger partial charge in [0.25, 0.3) is 0 Å². The van der Waals surface area contributed by atoms with Gasteiger partial charge in [-0.2, -0.15) is 0 Å². The van der Waals surface area contributed by atoms with Crippen molar-refractivity contribution >= 4 is 14.8 Å². The molecular formula is C16H36BrNO5Si. The molecule has 0 atom stereocenters. The third kappa shape index (κ3) is 7.09. The molecular weight excluding hydrogens is 394 g/mol. The SMILES string of the molecule is CO[Si](CCC[N+](C)(C)C(C)(C)C(=O)OC(C)(C)C)(OC)OC.[Br-]. The van der Waals surface area contributed by atoms with Crippen LogP contribution in [0.5, 0.6) is 0 Å². The minimum atomic E-state index is -2.57. The van der Waals surface area contributed by atoms with Crippen molar-refractivity contribution in [3.63, 3.8) is 0 Å². The molecule has 6 nitrogen and oxygen atoms in total.